The van der Waals surface area contributed by atoms with Crippen LogP contribution in [0.25, 0.3) is 10.8 Å². The molecule has 7 rings (SSSR count). The van der Waals surface area contributed by atoms with Crippen LogP contribution in [0.2, 0.25) is 0 Å². The number of hydrogen-bond acceptors (Lipinski definition) is 19. The van der Waals surface area contributed by atoms with Gasteiger partial charge in [0.15, 0.2) is 5.75 Å². The molecule has 6 N–H and O–H groups in total. The van der Waals surface area contributed by atoms with Gasteiger partial charge in [-0.3, -0.25) is 13.7 Å². The second-order valence-electron chi connectivity index (χ2n) is 14.6. The van der Waals surface area contributed by atoms with Crippen molar-refractivity contribution in [2.75, 3.05) is 0 Å². The molecule has 22 nitrogen and oxygen atoms in total. The minimum Gasteiger partial charge on any atom is -0.508 e. The van der Waals surface area contributed by atoms with Gasteiger partial charge in [-0.25, -0.2) is 0 Å². The van der Waals surface area contributed by atoms with Crippen LogP contribution in [-0.2, 0) is 30.4 Å². The van der Waals surface area contributed by atoms with Crippen molar-refractivity contribution in [1.29, 1.82) is 0 Å². The smallest absolute Gasteiger partial charge is 0.296 e. The summed E-state index contributed by atoms with van der Waals surface area (Å²) in [6.07, 6.45) is 0. The minimum atomic E-state index is -4.96. The molecule has 0 aliphatic heterocycles. The standard InChI is InChI=1S/C43H34N10O12S3/c1-23-16-29(7-13-34(23)48-46-28-8-14-35(24(2)17-28)49-50-36-15-11-32(66(57,58)59)21-40(36)67(60,61)62)47-51-37-22-39(55)38(18-25(37)3)52-53-42-41(68(63,64)65)20-26-19-30(6-12-33(26)43(42)56)45-44-27-4-9-31(54)10-5-27/h4-22,54-56H,1-3H3,(H,57,58,59)(H,60,61,62)(H,63,64,65)/b45-44+,48-46?,50-49?,51-47?,53-52?. The summed E-state index contributed by atoms with van der Waals surface area (Å²) in [6.45, 7) is 5.10. The fourth-order valence-corrected chi connectivity index (χ4v) is 8.08. The molecular formula is C43H34N10O12S3. The van der Waals surface area contributed by atoms with Gasteiger partial charge in [-0.2, -0.15) is 61.1 Å². The number of phenols is 3. The van der Waals surface area contributed by atoms with Crippen molar-refractivity contribution < 1.29 is 54.2 Å². The zero-order valence-electron chi connectivity index (χ0n) is 35.3. The van der Waals surface area contributed by atoms with Crippen molar-refractivity contribution in [3.8, 4) is 17.2 Å². The first kappa shape index (κ1) is 47.9. The van der Waals surface area contributed by atoms with Crippen LogP contribution in [-0.4, -0.2) is 54.2 Å². The van der Waals surface area contributed by atoms with Crippen LogP contribution < -0.4 is 0 Å². The third-order valence-electron chi connectivity index (χ3n) is 9.67. The van der Waals surface area contributed by atoms with Crippen molar-refractivity contribution in [3.63, 3.8) is 0 Å². The van der Waals surface area contributed by atoms with Crippen molar-refractivity contribution in [3.05, 3.63) is 132 Å². The average molecular weight is 979 g/mol. The molecule has 0 amide bonds. The van der Waals surface area contributed by atoms with E-state index in [9.17, 15) is 54.2 Å². The highest BCUT2D eigenvalue weighted by Gasteiger charge is 2.23. The van der Waals surface area contributed by atoms with Crippen molar-refractivity contribution in [2.24, 2.45) is 51.1 Å². The van der Waals surface area contributed by atoms with Crippen LogP contribution in [0.5, 0.6) is 17.2 Å². The summed E-state index contributed by atoms with van der Waals surface area (Å²) in [4.78, 5) is -2.40. The molecule has 0 aromatic heterocycles. The molecule has 346 valence electrons. The number of phenolic OH excluding ortho intramolecular Hbond substituents is 3. The lowest BCUT2D eigenvalue weighted by molar-refractivity contribution is 0.471. The van der Waals surface area contributed by atoms with Crippen molar-refractivity contribution >= 4 is 98.0 Å². The fourth-order valence-electron chi connectivity index (χ4n) is 6.19. The highest BCUT2D eigenvalue weighted by atomic mass is 32.2. The predicted octanol–water partition coefficient (Wildman–Crippen LogP) is 12.7. The molecule has 68 heavy (non-hydrogen) atoms. The summed E-state index contributed by atoms with van der Waals surface area (Å²) in [7, 11) is -14.7. The second kappa shape index (κ2) is 19.0. The summed E-state index contributed by atoms with van der Waals surface area (Å²) < 4.78 is 100. The Morgan fingerprint density at radius 2 is 0.853 bits per heavy atom. The summed E-state index contributed by atoms with van der Waals surface area (Å²) >= 11 is 0. The Bertz CT molecular complexity index is 3680. The number of aromatic hydroxyl groups is 3. The number of nitrogens with zero attached hydrogens (tertiary/aromatic N) is 10. The van der Waals surface area contributed by atoms with Gasteiger partial charge in [0.05, 0.1) is 44.7 Å². The molecule has 0 spiro atoms. The normalized spacial score (nSPS) is 12.8. The van der Waals surface area contributed by atoms with E-state index in [0.29, 0.717) is 45.5 Å². The third kappa shape index (κ3) is 11.3. The average Bonchev–Trinajstić information content (AvgIpc) is 3.27. The Morgan fingerprint density at radius 1 is 0.382 bits per heavy atom. The number of azo groups is 5. The van der Waals surface area contributed by atoms with Gasteiger partial charge < -0.3 is 15.3 Å². The van der Waals surface area contributed by atoms with E-state index >= 15 is 0 Å². The van der Waals surface area contributed by atoms with Crippen LogP contribution >= 0.6 is 0 Å². The monoisotopic (exact) mass is 978 g/mol. The van der Waals surface area contributed by atoms with Crippen LogP contribution in [0.1, 0.15) is 16.7 Å². The molecule has 0 aliphatic carbocycles. The van der Waals surface area contributed by atoms with E-state index in [1.54, 1.807) is 51.1 Å². The number of aryl methyl sites for hydroxylation is 3. The first-order valence-corrected chi connectivity index (χ1v) is 23.6. The number of hydrogen-bond donors (Lipinski definition) is 6. The number of fused-ring (bicyclic) bond motifs is 1. The van der Waals surface area contributed by atoms with Gasteiger partial charge in [0, 0.05) is 11.5 Å². The number of rotatable bonds is 13. The lowest BCUT2D eigenvalue weighted by Gasteiger charge is -2.09. The molecule has 0 radical (unpaired) electrons. The summed E-state index contributed by atoms with van der Waals surface area (Å²) in [5, 5.41) is 72.8. The Morgan fingerprint density at radius 3 is 1.44 bits per heavy atom. The van der Waals surface area contributed by atoms with Gasteiger partial charge in [-0.1, -0.05) is 0 Å². The van der Waals surface area contributed by atoms with E-state index in [1.807, 2.05) is 0 Å². The van der Waals surface area contributed by atoms with Gasteiger partial charge in [-0.05, 0) is 152 Å². The first-order valence-electron chi connectivity index (χ1n) is 19.3. The lowest BCUT2D eigenvalue weighted by atomic mass is 10.1. The van der Waals surface area contributed by atoms with E-state index < -0.39 is 62.2 Å². The molecule has 7 aromatic rings. The Hall–Kier alpha value is -8.07. The zero-order valence-corrected chi connectivity index (χ0v) is 37.7. The van der Waals surface area contributed by atoms with Gasteiger partial charge in [0.25, 0.3) is 30.4 Å². The van der Waals surface area contributed by atoms with E-state index in [4.69, 9.17) is 0 Å². The first-order chi connectivity index (χ1) is 32.0. The molecule has 0 bridgehead atoms. The molecule has 0 atom stereocenters. The van der Waals surface area contributed by atoms with Crippen LogP contribution in [0.3, 0.4) is 0 Å². The summed E-state index contributed by atoms with van der Waals surface area (Å²) in [5.41, 5.74) is 3.24. The third-order valence-corrected chi connectivity index (χ3v) is 12.3. The van der Waals surface area contributed by atoms with Crippen LogP contribution in [0.15, 0.2) is 181 Å². The highest BCUT2D eigenvalue weighted by Crippen LogP contribution is 2.44. The number of benzene rings is 7. The van der Waals surface area contributed by atoms with Crippen molar-refractivity contribution in [1.82, 2.24) is 0 Å². The Labute approximate surface area is 386 Å². The molecule has 0 heterocycles. The maximum atomic E-state index is 12.5. The van der Waals surface area contributed by atoms with E-state index in [0.717, 1.165) is 18.2 Å². The van der Waals surface area contributed by atoms with Crippen LogP contribution in [0, 0.1) is 20.8 Å². The maximum Gasteiger partial charge on any atom is 0.296 e. The molecule has 0 unspecified atom stereocenters. The maximum absolute atomic E-state index is 12.5. The molecule has 0 fully saturated rings. The van der Waals surface area contributed by atoms with Gasteiger partial charge in [0.1, 0.15) is 38.4 Å². The Balaban J connectivity index is 1.05. The quantitative estimate of drug-likeness (QED) is 0.0464. The molecule has 25 heteroatoms. The van der Waals surface area contributed by atoms with Gasteiger partial charge in [-0.15, -0.1) is 15.3 Å². The zero-order chi connectivity index (χ0) is 49.1. The van der Waals surface area contributed by atoms with Crippen molar-refractivity contribution in [2.45, 2.75) is 35.5 Å². The van der Waals surface area contributed by atoms with E-state index in [1.165, 1.54) is 60.7 Å². The molecular weight excluding hydrogens is 945 g/mol. The largest absolute Gasteiger partial charge is 0.508 e. The molecule has 0 aliphatic rings. The predicted molar refractivity (Wildman–Crippen MR) is 246 cm³/mol. The summed E-state index contributed by atoms with van der Waals surface area (Å²) in [6, 6.07) is 26.2. The lowest BCUT2D eigenvalue weighted by Crippen LogP contribution is -2.03. The van der Waals surface area contributed by atoms with E-state index in [2.05, 4.69) is 51.1 Å². The minimum absolute atomic E-state index is 0.0479. The highest BCUT2D eigenvalue weighted by molar-refractivity contribution is 7.87. The summed E-state index contributed by atoms with van der Waals surface area (Å²) in [5.74, 6) is -0.985. The fraction of sp³-hybridized carbons (Fsp3) is 0.0698. The van der Waals surface area contributed by atoms with Crippen LogP contribution in [0.4, 0.5) is 56.9 Å². The van der Waals surface area contributed by atoms with Gasteiger partial charge in [0.2, 0.25) is 0 Å². The molecule has 0 saturated carbocycles. The molecule has 0 saturated heterocycles. The van der Waals surface area contributed by atoms with Gasteiger partial charge >= 0.3 is 0 Å². The molecule has 7 aromatic carbocycles. The Kier molecular flexibility index (Phi) is 13.4. The SMILES string of the molecule is Cc1cc(N=Nc2cc(O)c(N=Nc3c(S(=O)(=O)O)cc4cc(/N=N/c5ccc(O)cc5)ccc4c3O)cc2C)ccc1N=Nc1ccc(N=Nc2ccc(S(=O)(=O)O)cc2S(=O)(=O)O)c(C)c1. The van der Waals surface area contributed by atoms with E-state index in [-0.39, 0.29) is 45.0 Å². The second-order valence-corrected chi connectivity index (χ2v) is 18.8. The topological polar surface area (TPSA) is 347 Å².